The molecule has 2 saturated heterocycles. The number of aryl methyl sites for hydroxylation is 1. The first-order valence-corrected chi connectivity index (χ1v) is 10.2. The van der Waals surface area contributed by atoms with Gasteiger partial charge in [-0.25, -0.2) is 4.79 Å². The van der Waals surface area contributed by atoms with Gasteiger partial charge in [-0.2, -0.15) is 0 Å². The highest BCUT2D eigenvalue weighted by atomic mass is 16.2. The molecule has 0 saturated carbocycles. The summed E-state index contributed by atoms with van der Waals surface area (Å²) >= 11 is 0. The van der Waals surface area contributed by atoms with Crippen LogP contribution in [-0.2, 0) is 0 Å². The molecule has 3 amide bonds. The standard InChI is InChI=1S/C23H27N3O2/c1-17-7-2-3-8-20(17)21-9-6-16-26(21)23(28)24-19-12-10-18(11-13-19)22(27)25-14-4-5-15-25/h2-3,7-8,10-13,21H,4-6,9,14-16H2,1H3,(H,24,28). The summed E-state index contributed by atoms with van der Waals surface area (Å²) in [7, 11) is 0. The zero-order valence-corrected chi connectivity index (χ0v) is 16.4. The van der Waals surface area contributed by atoms with Crippen molar-refractivity contribution in [2.75, 3.05) is 25.0 Å². The molecular weight excluding hydrogens is 350 g/mol. The minimum absolute atomic E-state index is 0.0783. The molecule has 146 valence electrons. The normalized spacial score (nSPS) is 19.1. The molecule has 0 aromatic heterocycles. The summed E-state index contributed by atoms with van der Waals surface area (Å²) in [6, 6.07) is 15.6. The van der Waals surface area contributed by atoms with Crippen LogP contribution in [0.15, 0.2) is 48.5 Å². The molecule has 0 radical (unpaired) electrons. The number of hydrogen-bond donors (Lipinski definition) is 1. The fourth-order valence-electron chi connectivity index (χ4n) is 4.29. The quantitative estimate of drug-likeness (QED) is 0.850. The molecular formula is C23H27N3O2. The Hall–Kier alpha value is -2.82. The van der Waals surface area contributed by atoms with Crippen molar-refractivity contribution in [2.24, 2.45) is 0 Å². The third kappa shape index (κ3) is 3.75. The van der Waals surface area contributed by atoms with Crippen LogP contribution in [0.3, 0.4) is 0 Å². The molecule has 0 spiro atoms. The average Bonchev–Trinajstić information content (AvgIpc) is 3.40. The van der Waals surface area contributed by atoms with Crippen molar-refractivity contribution in [3.63, 3.8) is 0 Å². The summed E-state index contributed by atoms with van der Waals surface area (Å²) in [5, 5.41) is 3.00. The van der Waals surface area contributed by atoms with Crippen molar-refractivity contribution in [3.05, 3.63) is 65.2 Å². The number of urea groups is 1. The molecule has 28 heavy (non-hydrogen) atoms. The van der Waals surface area contributed by atoms with Crippen LogP contribution in [0.25, 0.3) is 0 Å². The van der Waals surface area contributed by atoms with Crippen molar-refractivity contribution in [2.45, 2.75) is 38.6 Å². The zero-order valence-electron chi connectivity index (χ0n) is 16.4. The molecule has 2 heterocycles. The molecule has 4 rings (SSSR count). The largest absolute Gasteiger partial charge is 0.339 e. The van der Waals surface area contributed by atoms with Gasteiger partial charge in [-0.3, -0.25) is 4.79 Å². The number of carbonyl (C=O) groups is 2. The molecule has 2 aromatic rings. The maximum atomic E-state index is 12.9. The lowest BCUT2D eigenvalue weighted by Crippen LogP contribution is -2.34. The van der Waals surface area contributed by atoms with Crippen LogP contribution in [0.2, 0.25) is 0 Å². The average molecular weight is 377 g/mol. The van der Waals surface area contributed by atoms with E-state index >= 15 is 0 Å². The fourth-order valence-corrected chi connectivity index (χ4v) is 4.29. The highest BCUT2D eigenvalue weighted by Crippen LogP contribution is 2.34. The minimum atomic E-state index is -0.0793. The van der Waals surface area contributed by atoms with Crippen LogP contribution in [-0.4, -0.2) is 41.4 Å². The van der Waals surface area contributed by atoms with Crippen LogP contribution in [0.1, 0.15) is 53.2 Å². The molecule has 1 unspecified atom stereocenters. The number of carbonyl (C=O) groups excluding carboxylic acids is 2. The smallest absolute Gasteiger partial charge is 0.322 e. The van der Waals surface area contributed by atoms with Gasteiger partial charge in [0.15, 0.2) is 0 Å². The summed E-state index contributed by atoms with van der Waals surface area (Å²) in [6.07, 6.45) is 4.16. The van der Waals surface area contributed by atoms with E-state index in [2.05, 4.69) is 24.4 Å². The Bertz CT molecular complexity index is 856. The number of nitrogens with zero attached hydrogens (tertiary/aromatic N) is 2. The zero-order chi connectivity index (χ0) is 19.5. The van der Waals surface area contributed by atoms with E-state index in [1.165, 1.54) is 11.1 Å². The van der Waals surface area contributed by atoms with E-state index in [-0.39, 0.29) is 18.0 Å². The van der Waals surface area contributed by atoms with Gasteiger partial charge >= 0.3 is 6.03 Å². The first-order chi connectivity index (χ1) is 13.6. The Kier molecular flexibility index (Phi) is 5.33. The first-order valence-electron chi connectivity index (χ1n) is 10.2. The van der Waals surface area contributed by atoms with E-state index in [1.54, 1.807) is 12.1 Å². The van der Waals surface area contributed by atoms with Crippen molar-refractivity contribution in [3.8, 4) is 0 Å². The molecule has 0 aliphatic carbocycles. The summed E-state index contributed by atoms with van der Waals surface area (Å²) < 4.78 is 0. The second kappa shape index (κ2) is 8.05. The van der Waals surface area contributed by atoms with Gasteiger partial charge in [0.1, 0.15) is 0 Å². The summed E-state index contributed by atoms with van der Waals surface area (Å²) in [5.74, 6) is 0.0783. The van der Waals surface area contributed by atoms with Crippen LogP contribution in [0.5, 0.6) is 0 Å². The maximum absolute atomic E-state index is 12.9. The molecule has 2 fully saturated rings. The predicted molar refractivity (Wildman–Crippen MR) is 110 cm³/mol. The van der Waals surface area contributed by atoms with Gasteiger partial charge in [-0.1, -0.05) is 24.3 Å². The molecule has 5 nitrogen and oxygen atoms in total. The molecule has 1 atom stereocenters. The van der Waals surface area contributed by atoms with Gasteiger partial charge in [-0.05, 0) is 68.0 Å². The van der Waals surface area contributed by atoms with E-state index in [1.807, 2.05) is 34.1 Å². The highest BCUT2D eigenvalue weighted by Gasteiger charge is 2.30. The van der Waals surface area contributed by atoms with Crippen molar-refractivity contribution >= 4 is 17.6 Å². The topological polar surface area (TPSA) is 52.7 Å². The number of amides is 3. The van der Waals surface area contributed by atoms with Gasteiger partial charge in [0.2, 0.25) is 0 Å². The number of hydrogen-bond acceptors (Lipinski definition) is 2. The molecule has 2 aliphatic rings. The van der Waals surface area contributed by atoms with Crippen LogP contribution in [0, 0.1) is 6.92 Å². The summed E-state index contributed by atoms with van der Waals surface area (Å²) in [5.41, 5.74) is 3.84. The monoisotopic (exact) mass is 377 g/mol. The van der Waals surface area contributed by atoms with Gasteiger partial charge < -0.3 is 15.1 Å². The maximum Gasteiger partial charge on any atom is 0.322 e. The summed E-state index contributed by atoms with van der Waals surface area (Å²) in [4.78, 5) is 29.1. The SMILES string of the molecule is Cc1ccccc1C1CCCN1C(=O)Nc1ccc(C(=O)N2CCCC2)cc1. The molecule has 2 aliphatic heterocycles. The number of nitrogens with one attached hydrogen (secondary N) is 1. The lowest BCUT2D eigenvalue weighted by Gasteiger charge is -2.26. The Morgan fingerprint density at radius 3 is 2.36 bits per heavy atom. The fraction of sp³-hybridized carbons (Fsp3) is 0.391. The lowest BCUT2D eigenvalue weighted by atomic mass is 9.99. The van der Waals surface area contributed by atoms with Crippen molar-refractivity contribution < 1.29 is 9.59 Å². The second-order valence-corrected chi connectivity index (χ2v) is 7.71. The van der Waals surface area contributed by atoms with E-state index in [0.717, 1.165) is 51.0 Å². The van der Waals surface area contributed by atoms with Crippen LogP contribution >= 0.6 is 0 Å². The lowest BCUT2D eigenvalue weighted by molar-refractivity contribution is 0.0793. The molecule has 2 aromatic carbocycles. The third-order valence-electron chi connectivity index (χ3n) is 5.84. The number of rotatable bonds is 3. The minimum Gasteiger partial charge on any atom is -0.339 e. The van der Waals surface area contributed by atoms with Gasteiger partial charge in [0, 0.05) is 30.9 Å². The molecule has 5 heteroatoms. The Balaban J connectivity index is 1.43. The molecule has 0 bridgehead atoms. The van der Waals surface area contributed by atoms with Gasteiger partial charge in [0.25, 0.3) is 5.91 Å². The van der Waals surface area contributed by atoms with E-state index < -0.39 is 0 Å². The van der Waals surface area contributed by atoms with E-state index in [0.29, 0.717) is 5.56 Å². The first kappa shape index (κ1) is 18.5. The van der Waals surface area contributed by atoms with Gasteiger partial charge in [0.05, 0.1) is 6.04 Å². The van der Waals surface area contributed by atoms with Crippen LogP contribution in [0.4, 0.5) is 10.5 Å². The number of anilines is 1. The van der Waals surface area contributed by atoms with E-state index in [9.17, 15) is 9.59 Å². The molecule has 1 N–H and O–H groups in total. The second-order valence-electron chi connectivity index (χ2n) is 7.71. The Labute approximate surface area is 166 Å². The van der Waals surface area contributed by atoms with Crippen LogP contribution < -0.4 is 5.32 Å². The Morgan fingerprint density at radius 1 is 0.929 bits per heavy atom. The third-order valence-corrected chi connectivity index (χ3v) is 5.84. The number of likely N-dealkylation sites (tertiary alicyclic amines) is 2. The predicted octanol–water partition coefficient (Wildman–Crippen LogP) is 4.60. The van der Waals surface area contributed by atoms with Crippen molar-refractivity contribution in [1.29, 1.82) is 0 Å². The highest BCUT2D eigenvalue weighted by molar-refractivity contribution is 5.95. The van der Waals surface area contributed by atoms with Gasteiger partial charge in [-0.15, -0.1) is 0 Å². The van der Waals surface area contributed by atoms with Crippen molar-refractivity contribution in [1.82, 2.24) is 9.80 Å². The summed E-state index contributed by atoms with van der Waals surface area (Å²) in [6.45, 7) is 4.54. The number of benzene rings is 2. The van der Waals surface area contributed by atoms with E-state index in [4.69, 9.17) is 0 Å². The Morgan fingerprint density at radius 2 is 1.64 bits per heavy atom.